The Kier molecular flexibility index (Phi) is 6.65. The molecule has 0 N–H and O–H groups in total. The number of carbonyl (C=O) groups is 2. The molecule has 0 fully saturated rings. The summed E-state index contributed by atoms with van der Waals surface area (Å²) in [7, 11) is -4.25. The van der Waals surface area contributed by atoms with Crippen molar-refractivity contribution in [2.24, 2.45) is 4.40 Å². The molecule has 1 aromatic rings. The first-order valence-electron chi connectivity index (χ1n) is 7.36. The largest absolute Gasteiger partial charge is 0.458 e. The van der Waals surface area contributed by atoms with Crippen LogP contribution in [0, 0.1) is 6.92 Å². The third-order valence-electron chi connectivity index (χ3n) is 2.60. The van der Waals surface area contributed by atoms with Crippen molar-refractivity contribution in [3.05, 3.63) is 29.8 Å². The molecule has 8 heteroatoms. The van der Waals surface area contributed by atoms with Crippen molar-refractivity contribution in [2.75, 3.05) is 0 Å². The van der Waals surface area contributed by atoms with Crippen LogP contribution in [0.25, 0.3) is 0 Å². The molecule has 1 aromatic carbocycles. The predicted octanol–water partition coefficient (Wildman–Crippen LogP) is 2.03. The molecular formula is C16H21NO6S. The van der Waals surface area contributed by atoms with Crippen LogP contribution in [0.2, 0.25) is 0 Å². The van der Waals surface area contributed by atoms with Crippen LogP contribution in [-0.4, -0.2) is 38.3 Å². The van der Waals surface area contributed by atoms with E-state index in [2.05, 4.69) is 4.40 Å². The average Bonchev–Trinajstić information content (AvgIpc) is 2.43. The number of hydrogen-bond donors (Lipinski definition) is 0. The highest BCUT2D eigenvalue weighted by atomic mass is 32.2. The van der Waals surface area contributed by atoms with E-state index in [9.17, 15) is 18.0 Å². The fourth-order valence-electron chi connectivity index (χ4n) is 1.58. The molecule has 0 unspecified atom stereocenters. The number of hydrogen-bond acceptors (Lipinski definition) is 6. The van der Waals surface area contributed by atoms with Gasteiger partial charge in [0.15, 0.2) is 0 Å². The van der Waals surface area contributed by atoms with Crippen molar-refractivity contribution in [3.8, 4) is 0 Å². The molecular weight excluding hydrogens is 334 g/mol. The van der Waals surface area contributed by atoms with E-state index >= 15 is 0 Å². The molecule has 24 heavy (non-hydrogen) atoms. The summed E-state index contributed by atoms with van der Waals surface area (Å²) in [6, 6.07) is 5.85. The number of rotatable bonds is 6. The van der Waals surface area contributed by atoms with Crippen LogP contribution in [0.1, 0.15) is 33.3 Å². The van der Waals surface area contributed by atoms with Gasteiger partial charge in [0.1, 0.15) is 0 Å². The third kappa shape index (κ3) is 5.77. The zero-order chi connectivity index (χ0) is 18.5. The maximum Gasteiger partial charge on any atom is 0.365 e. The minimum atomic E-state index is -4.25. The Hall–Kier alpha value is -2.22. The SMILES string of the molecule is Cc1ccc(S(=O)(=O)N=C(C(=O)OC(C)C)C(=O)OC(C)C)cc1. The van der Waals surface area contributed by atoms with Gasteiger partial charge in [0.25, 0.3) is 10.0 Å². The van der Waals surface area contributed by atoms with E-state index in [0.29, 0.717) is 0 Å². The lowest BCUT2D eigenvalue weighted by molar-refractivity contribution is -0.144. The molecule has 0 aromatic heterocycles. The van der Waals surface area contributed by atoms with E-state index in [1.807, 2.05) is 0 Å². The maximum absolute atomic E-state index is 12.3. The lowest BCUT2D eigenvalue weighted by Crippen LogP contribution is -2.32. The molecule has 0 heterocycles. The van der Waals surface area contributed by atoms with Gasteiger partial charge in [-0.3, -0.25) is 0 Å². The molecule has 0 saturated carbocycles. The Bertz CT molecular complexity index is 708. The molecule has 0 bridgehead atoms. The highest BCUT2D eigenvalue weighted by Crippen LogP contribution is 2.14. The summed E-state index contributed by atoms with van der Waals surface area (Å²) in [6.45, 7) is 8.07. The van der Waals surface area contributed by atoms with Gasteiger partial charge >= 0.3 is 11.9 Å². The van der Waals surface area contributed by atoms with E-state index in [1.165, 1.54) is 12.1 Å². The molecule has 0 aliphatic heterocycles. The molecule has 0 aliphatic carbocycles. The summed E-state index contributed by atoms with van der Waals surface area (Å²) >= 11 is 0. The number of nitrogens with zero attached hydrogens (tertiary/aromatic N) is 1. The first-order valence-corrected chi connectivity index (χ1v) is 8.80. The van der Waals surface area contributed by atoms with E-state index in [1.54, 1.807) is 46.8 Å². The van der Waals surface area contributed by atoms with E-state index in [-0.39, 0.29) is 4.90 Å². The fraction of sp³-hybridized carbons (Fsp3) is 0.438. The number of benzene rings is 1. The molecule has 1 rings (SSSR count). The summed E-state index contributed by atoms with van der Waals surface area (Å²) in [5, 5.41) is 0. The van der Waals surface area contributed by atoms with Crippen molar-refractivity contribution >= 4 is 27.7 Å². The van der Waals surface area contributed by atoms with Crippen molar-refractivity contribution in [1.82, 2.24) is 0 Å². The second kappa shape index (κ2) is 8.05. The van der Waals surface area contributed by atoms with Gasteiger partial charge in [0.2, 0.25) is 5.71 Å². The van der Waals surface area contributed by atoms with Crippen molar-refractivity contribution in [2.45, 2.75) is 51.7 Å². The number of esters is 2. The Morgan fingerprint density at radius 2 is 1.33 bits per heavy atom. The van der Waals surface area contributed by atoms with Crippen LogP contribution in [-0.2, 0) is 29.1 Å². The molecule has 132 valence electrons. The second-order valence-electron chi connectivity index (χ2n) is 5.64. The maximum atomic E-state index is 12.3. The van der Waals surface area contributed by atoms with E-state index in [0.717, 1.165) is 5.56 Å². The first kappa shape index (κ1) is 19.8. The molecule has 0 spiro atoms. The number of sulfonamides is 1. The predicted molar refractivity (Wildman–Crippen MR) is 88.3 cm³/mol. The highest BCUT2D eigenvalue weighted by molar-refractivity contribution is 7.90. The van der Waals surface area contributed by atoms with Gasteiger partial charge in [-0.15, -0.1) is 4.40 Å². The molecule has 0 atom stereocenters. The van der Waals surface area contributed by atoms with Gasteiger partial charge < -0.3 is 9.47 Å². The average molecular weight is 355 g/mol. The van der Waals surface area contributed by atoms with E-state index in [4.69, 9.17) is 9.47 Å². The van der Waals surface area contributed by atoms with Crippen LogP contribution in [0.15, 0.2) is 33.6 Å². The second-order valence-corrected chi connectivity index (χ2v) is 7.24. The van der Waals surface area contributed by atoms with Crippen LogP contribution in [0.3, 0.4) is 0 Å². The molecule has 7 nitrogen and oxygen atoms in total. The zero-order valence-corrected chi connectivity index (χ0v) is 15.1. The zero-order valence-electron chi connectivity index (χ0n) is 14.3. The van der Waals surface area contributed by atoms with Crippen molar-refractivity contribution in [3.63, 3.8) is 0 Å². The van der Waals surface area contributed by atoms with E-state index < -0.39 is 39.9 Å². The minimum absolute atomic E-state index is 0.139. The standard InChI is InChI=1S/C16H21NO6S/c1-10(2)22-15(18)14(16(19)23-11(3)4)17-24(20,21)13-8-6-12(5)7-9-13/h6-11H,1-5H3. The highest BCUT2D eigenvalue weighted by Gasteiger charge is 2.29. The van der Waals surface area contributed by atoms with Gasteiger partial charge in [-0.05, 0) is 46.8 Å². The van der Waals surface area contributed by atoms with Gasteiger partial charge in [-0.1, -0.05) is 17.7 Å². The van der Waals surface area contributed by atoms with Crippen LogP contribution in [0.5, 0.6) is 0 Å². The smallest absolute Gasteiger partial charge is 0.365 e. The number of aryl methyl sites for hydroxylation is 1. The summed E-state index contributed by atoms with van der Waals surface area (Å²) in [5.41, 5.74) is -0.0467. The first-order chi connectivity index (χ1) is 11.0. The van der Waals surface area contributed by atoms with Crippen molar-refractivity contribution < 1.29 is 27.5 Å². The lowest BCUT2D eigenvalue weighted by atomic mass is 10.2. The lowest BCUT2D eigenvalue weighted by Gasteiger charge is -2.11. The normalized spacial score (nSPS) is 11.3. The fourth-order valence-corrected chi connectivity index (χ4v) is 2.56. The number of ether oxygens (including phenoxy) is 2. The Morgan fingerprint density at radius 3 is 1.71 bits per heavy atom. The van der Waals surface area contributed by atoms with Crippen LogP contribution < -0.4 is 0 Å². The minimum Gasteiger partial charge on any atom is -0.458 e. The number of carbonyl (C=O) groups excluding carboxylic acids is 2. The van der Waals surface area contributed by atoms with Crippen molar-refractivity contribution in [1.29, 1.82) is 0 Å². The molecule has 0 amide bonds. The van der Waals surface area contributed by atoms with Gasteiger partial charge in [0, 0.05) is 0 Å². The third-order valence-corrected chi connectivity index (χ3v) is 3.89. The summed E-state index contributed by atoms with van der Waals surface area (Å²) < 4.78 is 37.8. The monoisotopic (exact) mass is 355 g/mol. The Balaban J connectivity index is 3.30. The molecule has 0 radical (unpaired) electrons. The van der Waals surface area contributed by atoms with Crippen LogP contribution >= 0.6 is 0 Å². The molecule has 0 saturated heterocycles. The topological polar surface area (TPSA) is 99.1 Å². The van der Waals surface area contributed by atoms with Gasteiger partial charge in [-0.2, -0.15) is 8.42 Å². The summed E-state index contributed by atoms with van der Waals surface area (Å²) in [4.78, 5) is 23.9. The summed E-state index contributed by atoms with van der Waals surface area (Å²) in [5.74, 6) is -2.29. The quantitative estimate of drug-likeness (QED) is 0.440. The Morgan fingerprint density at radius 1 is 0.917 bits per heavy atom. The van der Waals surface area contributed by atoms with Gasteiger partial charge in [-0.25, -0.2) is 9.59 Å². The Labute approximate surface area is 141 Å². The molecule has 0 aliphatic rings. The van der Waals surface area contributed by atoms with Crippen LogP contribution in [0.4, 0.5) is 0 Å². The van der Waals surface area contributed by atoms with Gasteiger partial charge in [0.05, 0.1) is 17.1 Å². The summed E-state index contributed by atoms with van der Waals surface area (Å²) in [6.07, 6.45) is -1.09.